The van der Waals surface area contributed by atoms with Gasteiger partial charge in [-0.2, -0.15) is 0 Å². The van der Waals surface area contributed by atoms with Gasteiger partial charge >= 0.3 is 0 Å². The van der Waals surface area contributed by atoms with Crippen molar-refractivity contribution in [3.05, 3.63) is 400 Å². The van der Waals surface area contributed by atoms with Crippen LogP contribution in [0, 0.1) is 0 Å². The number of hydrogen-bond donors (Lipinski definition) is 0. The number of rotatable bonds is 12. The highest BCUT2D eigenvalue weighted by Gasteiger charge is 2.27. The SMILES string of the molecule is c1ccc(-c2nc(-c3ccc4c(c3)sc3ccccc34)nc(-c3cccc4oc5ccc(-c6nc7ccccc7s6)cc5c34)n2)cc1.c1ccc(-c2nc(-c3ccc4sc5ccccc5c4c3)nc(-c3cccc4oc5ccc(-c6nc7ccccc7s6)cc5c34)n2)cc1.c1ccc(-c2nc(-c3cccc4oc5ccc(-c6nc7ccccc7s6)cc5c34)nc(-c3cccc4sc5ccccc5c34)n2)cc1. The molecule has 30 aromatic rings. The molecule has 0 spiro atoms. The molecule has 660 valence electrons. The first kappa shape index (κ1) is 82.0. The van der Waals surface area contributed by atoms with E-state index in [4.69, 9.17) is 73.1 Å². The van der Waals surface area contributed by atoms with Crippen LogP contribution in [0.5, 0.6) is 0 Å². The van der Waals surface area contributed by atoms with E-state index in [9.17, 15) is 0 Å². The van der Waals surface area contributed by atoms with Gasteiger partial charge in [0.2, 0.25) is 0 Å². The number of hydrogen-bond acceptors (Lipinski definition) is 21. The van der Waals surface area contributed by atoms with Crippen LogP contribution < -0.4 is 0 Å². The maximum Gasteiger partial charge on any atom is 0.164 e. The molecule has 0 saturated heterocycles. The Morgan fingerprint density at radius 2 is 0.426 bits per heavy atom. The van der Waals surface area contributed by atoms with Crippen molar-refractivity contribution < 1.29 is 13.3 Å². The number of thiophene rings is 3. The normalized spacial score (nSPS) is 11.8. The van der Waals surface area contributed by atoms with Crippen molar-refractivity contribution in [1.29, 1.82) is 0 Å². The summed E-state index contributed by atoms with van der Waals surface area (Å²) in [6.07, 6.45) is 0. The summed E-state index contributed by atoms with van der Waals surface area (Å²) in [5.41, 5.74) is 19.3. The number of fused-ring (bicyclic) bond motifs is 21. The molecule has 141 heavy (non-hydrogen) atoms. The van der Waals surface area contributed by atoms with Crippen LogP contribution in [0.4, 0.5) is 0 Å². The van der Waals surface area contributed by atoms with Crippen molar-refractivity contribution in [2.24, 2.45) is 0 Å². The highest BCUT2D eigenvalue weighted by Crippen LogP contribution is 2.48. The maximum absolute atomic E-state index is 6.40. The molecule has 0 fully saturated rings. The lowest BCUT2D eigenvalue weighted by Gasteiger charge is -2.10. The first-order valence-corrected chi connectivity index (χ1v) is 50.8. The molecular weight excluding hydrogens is 1850 g/mol. The van der Waals surface area contributed by atoms with Crippen LogP contribution in [-0.4, -0.2) is 59.8 Å². The van der Waals surface area contributed by atoms with Crippen LogP contribution in [0.25, 0.3) is 291 Å². The summed E-state index contributed by atoms with van der Waals surface area (Å²) in [7, 11) is 0. The van der Waals surface area contributed by atoms with Crippen molar-refractivity contribution in [3.8, 4) is 134 Å². The zero-order valence-corrected chi connectivity index (χ0v) is 79.0. The predicted octanol–water partition coefficient (Wildman–Crippen LogP) is 34.2. The van der Waals surface area contributed by atoms with Crippen LogP contribution in [0.3, 0.4) is 0 Å². The Balaban J connectivity index is 0.000000104. The fourth-order valence-electron chi connectivity index (χ4n) is 19.1. The van der Waals surface area contributed by atoms with Crippen LogP contribution in [0.1, 0.15) is 0 Å². The topological polar surface area (TPSA) is 194 Å². The molecule has 21 heteroatoms. The van der Waals surface area contributed by atoms with Gasteiger partial charge in [-0.25, -0.2) is 59.8 Å². The lowest BCUT2D eigenvalue weighted by Crippen LogP contribution is -2.00. The summed E-state index contributed by atoms with van der Waals surface area (Å²) >= 11 is 10.5. The van der Waals surface area contributed by atoms with Crippen molar-refractivity contribution in [3.63, 3.8) is 0 Å². The third kappa shape index (κ3) is 14.6. The Labute approximate surface area is 825 Å². The van der Waals surface area contributed by atoms with Crippen molar-refractivity contribution >= 4 is 225 Å². The van der Waals surface area contributed by atoms with E-state index in [1.807, 2.05) is 164 Å². The van der Waals surface area contributed by atoms with Gasteiger partial charge in [0.05, 0.1) is 30.6 Å². The second kappa shape index (κ2) is 33.9. The molecule has 0 aliphatic heterocycles. The van der Waals surface area contributed by atoms with Gasteiger partial charge in [0.1, 0.15) is 48.5 Å². The van der Waals surface area contributed by atoms with Crippen LogP contribution in [0.2, 0.25) is 0 Å². The van der Waals surface area contributed by atoms with E-state index >= 15 is 0 Å². The van der Waals surface area contributed by atoms with Gasteiger partial charge in [0.15, 0.2) is 52.4 Å². The molecule has 30 rings (SSSR count). The Morgan fingerprint density at radius 1 is 0.142 bits per heavy atom. The summed E-state index contributed by atoms with van der Waals surface area (Å²) in [5.74, 6) is 5.59. The Kier molecular flexibility index (Phi) is 19.7. The van der Waals surface area contributed by atoms with Gasteiger partial charge < -0.3 is 13.3 Å². The molecule has 15 nitrogen and oxygen atoms in total. The fourth-order valence-corrected chi connectivity index (χ4v) is 25.4. The average Bonchev–Trinajstić information content (AvgIpc) is 1.63. The number of furan rings is 3. The molecule has 0 unspecified atom stereocenters. The maximum atomic E-state index is 6.40. The molecule has 0 atom stereocenters. The van der Waals surface area contributed by atoms with E-state index in [0.717, 1.165) is 170 Å². The quantitative estimate of drug-likeness (QED) is 0.112. The van der Waals surface area contributed by atoms with Gasteiger partial charge in [-0.1, -0.05) is 243 Å². The first-order valence-electron chi connectivity index (χ1n) is 45.9. The Hall–Kier alpha value is -17.3. The minimum atomic E-state index is 0.600. The summed E-state index contributed by atoms with van der Waals surface area (Å²) < 4.78 is 30.1. The molecule has 12 heterocycles. The van der Waals surface area contributed by atoms with Gasteiger partial charge in [0.25, 0.3) is 0 Å². The van der Waals surface area contributed by atoms with E-state index in [1.54, 1.807) is 68.0 Å². The average molecular weight is 1920 g/mol. The third-order valence-corrected chi connectivity index (χ3v) is 32.4. The lowest BCUT2D eigenvalue weighted by atomic mass is 10.0. The van der Waals surface area contributed by atoms with E-state index in [2.05, 4.69) is 237 Å². The third-order valence-electron chi connectivity index (χ3n) is 25.7. The largest absolute Gasteiger partial charge is 0.456 e. The number of benzene rings is 18. The highest BCUT2D eigenvalue weighted by molar-refractivity contribution is 7.27. The number of thiazole rings is 3. The van der Waals surface area contributed by atoms with Crippen LogP contribution in [-0.2, 0) is 0 Å². The van der Waals surface area contributed by atoms with Crippen molar-refractivity contribution in [2.45, 2.75) is 0 Å². The lowest BCUT2D eigenvalue weighted by molar-refractivity contribution is 0.668. The van der Waals surface area contributed by atoms with Gasteiger partial charge in [-0.3, -0.25) is 0 Å². The standard InChI is InChI=1S/3C40H22N4OS2/c1-2-10-23(11-3-1)37-42-38(44-39(43-37)27-14-9-19-34-36(27)25-12-4-6-17-32(25)46-34)26-13-8-16-31-35(26)28-22-24(20-21-30(28)45-31)40-41-29-15-5-7-18-33(29)47-40;1-2-9-23(10-3-1)37-42-38(24-18-20-34-28(21-24)26-11-4-6-15-33(26)46-34)44-39(43-37)27-12-8-14-32-36(27)29-22-25(17-19-31(29)45-32)40-41-30-13-5-7-16-35(30)47-40;1-2-9-23(10-3-1)37-42-38(24-17-19-27-26-11-4-6-15-33(26)46-35(27)22-24)44-39(43-37)28-12-8-14-32-36(28)29-21-25(18-20-31(29)45-32)40-41-30-13-5-7-16-34(30)47-40/h3*1-22H. The van der Waals surface area contributed by atoms with E-state index in [1.165, 1.54) is 69.2 Å². The molecule has 0 N–H and O–H groups in total. The molecule has 0 aliphatic carbocycles. The predicted molar refractivity (Wildman–Crippen MR) is 585 cm³/mol. The molecule has 0 saturated carbocycles. The van der Waals surface area contributed by atoms with Crippen LogP contribution in [0.15, 0.2) is 414 Å². The van der Waals surface area contributed by atoms with Crippen molar-refractivity contribution in [1.82, 2.24) is 59.8 Å². The Bertz CT molecular complexity index is 10200. The minimum absolute atomic E-state index is 0.600. The van der Waals surface area contributed by atoms with Crippen molar-refractivity contribution in [2.75, 3.05) is 0 Å². The van der Waals surface area contributed by atoms with Crippen LogP contribution >= 0.6 is 68.0 Å². The van der Waals surface area contributed by atoms with Gasteiger partial charge in [0, 0.05) is 160 Å². The van der Waals surface area contributed by atoms with E-state index in [0.29, 0.717) is 52.4 Å². The molecule has 18 aromatic carbocycles. The number of aromatic nitrogens is 12. The fraction of sp³-hybridized carbons (Fsp3) is 0. The highest BCUT2D eigenvalue weighted by atomic mass is 32.1. The van der Waals surface area contributed by atoms with E-state index < -0.39 is 0 Å². The second-order valence-corrected chi connectivity index (χ2v) is 40.7. The molecule has 0 bridgehead atoms. The number of para-hydroxylation sites is 3. The monoisotopic (exact) mass is 1910 g/mol. The molecule has 0 radical (unpaired) electrons. The smallest absolute Gasteiger partial charge is 0.164 e. The molecule has 12 aromatic heterocycles. The summed E-state index contributed by atoms with van der Waals surface area (Å²) in [6.45, 7) is 0. The first-order chi connectivity index (χ1) is 69.8. The zero-order valence-electron chi connectivity index (χ0n) is 74.1. The zero-order chi connectivity index (χ0) is 92.7. The summed E-state index contributed by atoms with van der Waals surface area (Å²) in [6, 6.07) is 137. The number of nitrogens with zero attached hydrogens (tertiary/aromatic N) is 12. The van der Waals surface area contributed by atoms with E-state index in [-0.39, 0.29) is 0 Å². The minimum Gasteiger partial charge on any atom is -0.456 e. The molecular formula is C120H66N12O3S6. The molecule has 0 aliphatic rings. The van der Waals surface area contributed by atoms with Gasteiger partial charge in [-0.05, 0) is 158 Å². The second-order valence-electron chi connectivity index (χ2n) is 34.3. The van der Waals surface area contributed by atoms with Gasteiger partial charge in [-0.15, -0.1) is 68.0 Å². The Morgan fingerprint density at radius 3 is 0.851 bits per heavy atom. The summed E-state index contributed by atoms with van der Waals surface area (Å²) in [4.78, 5) is 60.6. The summed E-state index contributed by atoms with van der Waals surface area (Å²) in [5, 5.41) is 16.2. The molecule has 0 amide bonds.